The van der Waals surface area contributed by atoms with E-state index in [9.17, 15) is 0 Å². The van der Waals surface area contributed by atoms with E-state index in [2.05, 4.69) is 21.7 Å². The van der Waals surface area contributed by atoms with E-state index >= 15 is 0 Å². The largest absolute Gasteiger partial charge is 0.378 e. The molecule has 1 aliphatic heterocycles. The standard InChI is InChI=1S/C9H15N3O2S/c1-15-5-2-8-11-9(12-14-8)7-6-13-4-3-10-7/h7,10H,2-6H2,1H3. The first-order valence-electron chi connectivity index (χ1n) is 5.02. The zero-order valence-corrected chi connectivity index (χ0v) is 9.55. The van der Waals surface area contributed by atoms with Crippen LogP contribution in [-0.4, -0.2) is 41.9 Å². The molecule has 15 heavy (non-hydrogen) atoms. The Kier molecular flexibility index (Phi) is 3.99. The van der Waals surface area contributed by atoms with E-state index in [4.69, 9.17) is 9.26 Å². The molecule has 0 saturated carbocycles. The number of hydrogen-bond donors (Lipinski definition) is 1. The van der Waals surface area contributed by atoms with Crippen LogP contribution in [0.15, 0.2) is 4.52 Å². The first-order chi connectivity index (χ1) is 7.40. The minimum Gasteiger partial charge on any atom is -0.378 e. The van der Waals surface area contributed by atoms with Crippen LogP contribution in [0.4, 0.5) is 0 Å². The average Bonchev–Trinajstić information content (AvgIpc) is 2.76. The molecule has 5 nitrogen and oxygen atoms in total. The van der Waals surface area contributed by atoms with Crippen LogP contribution in [0.25, 0.3) is 0 Å². The highest BCUT2D eigenvalue weighted by Crippen LogP contribution is 2.12. The minimum absolute atomic E-state index is 0.0885. The topological polar surface area (TPSA) is 60.2 Å². The van der Waals surface area contributed by atoms with Crippen LogP contribution in [0.3, 0.4) is 0 Å². The predicted octanol–water partition coefficient (Wildman–Crippen LogP) is 0.636. The van der Waals surface area contributed by atoms with E-state index in [0.717, 1.165) is 25.3 Å². The van der Waals surface area contributed by atoms with Crippen molar-refractivity contribution in [3.63, 3.8) is 0 Å². The molecular formula is C9H15N3O2S. The van der Waals surface area contributed by atoms with Crippen LogP contribution in [0.5, 0.6) is 0 Å². The molecule has 1 aromatic rings. The lowest BCUT2D eigenvalue weighted by molar-refractivity contribution is 0.0734. The van der Waals surface area contributed by atoms with Crippen molar-refractivity contribution in [2.24, 2.45) is 0 Å². The van der Waals surface area contributed by atoms with Crippen molar-refractivity contribution < 1.29 is 9.26 Å². The van der Waals surface area contributed by atoms with Gasteiger partial charge in [-0.05, 0) is 6.26 Å². The maximum atomic E-state index is 5.34. The van der Waals surface area contributed by atoms with Crippen molar-refractivity contribution in [3.05, 3.63) is 11.7 Å². The fourth-order valence-electron chi connectivity index (χ4n) is 1.43. The number of aryl methyl sites for hydroxylation is 1. The highest BCUT2D eigenvalue weighted by molar-refractivity contribution is 7.98. The van der Waals surface area contributed by atoms with E-state index in [1.54, 1.807) is 11.8 Å². The van der Waals surface area contributed by atoms with Crippen molar-refractivity contribution in [3.8, 4) is 0 Å². The third kappa shape index (κ3) is 2.93. The monoisotopic (exact) mass is 229 g/mol. The Morgan fingerprint density at radius 3 is 3.27 bits per heavy atom. The van der Waals surface area contributed by atoms with Gasteiger partial charge in [-0.2, -0.15) is 16.7 Å². The molecule has 6 heteroatoms. The van der Waals surface area contributed by atoms with Gasteiger partial charge in [-0.3, -0.25) is 0 Å². The Balaban J connectivity index is 1.93. The Morgan fingerprint density at radius 1 is 1.60 bits per heavy atom. The zero-order chi connectivity index (χ0) is 10.5. The number of thioether (sulfide) groups is 1. The summed E-state index contributed by atoms with van der Waals surface area (Å²) in [5, 5.41) is 7.24. The Labute approximate surface area is 93.0 Å². The van der Waals surface area contributed by atoms with Crippen molar-refractivity contribution in [2.75, 3.05) is 31.8 Å². The smallest absolute Gasteiger partial charge is 0.227 e. The number of rotatable bonds is 4. The van der Waals surface area contributed by atoms with Gasteiger partial charge in [-0.25, -0.2) is 0 Å². The van der Waals surface area contributed by atoms with Gasteiger partial charge >= 0.3 is 0 Å². The van der Waals surface area contributed by atoms with Crippen LogP contribution >= 0.6 is 11.8 Å². The van der Waals surface area contributed by atoms with Crippen molar-refractivity contribution in [1.29, 1.82) is 0 Å². The highest BCUT2D eigenvalue weighted by atomic mass is 32.2. The summed E-state index contributed by atoms with van der Waals surface area (Å²) in [5.41, 5.74) is 0. The molecule has 1 unspecified atom stereocenters. The van der Waals surface area contributed by atoms with E-state index in [-0.39, 0.29) is 6.04 Å². The molecule has 0 amide bonds. The maximum Gasteiger partial charge on any atom is 0.227 e. The predicted molar refractivity (Wildman–Crippen MR) is 57.9 cm³/mol. The van der Waals surface area contributed by atoms with Crippen LogP contribution in [0.2, 0.25) is 0 Å². The second kappa shape index (κ2) is 5.48. The van der Waals surface area contributed by atoms with Crippen molar-refractivity contribution in [2.45, 2.75) is 12.5 Å². The average molecular weight is 229 g/mol. The van der Waals surface area contributed by atoms with Gasteiger partial charge in [0, 0.05) is 18.7 Å². The van der Waals surface area contributed by atoms with E-state index in [0.29, 0.717) is 18.3 Å². The third-order valence-corrected chi connectivity index (χ3v) is 2.85. The normalized spacial score (nSPS) is 21.8. The Bertz CT molecular complexity index is 299. The number of nitrogens with one attached hydrogen (secondary N) is 1. The third-order valence-electron chi connectivity index (χ3n) is 2.24. The van der Waals surface area contributed by atoms with Gasteiger partial charge in [0.25, 0.3) is 0 Å². The Morgan fingerprint density at radius 2 is 2.53 bits per heavy atom. The second-order valence-electron chi connectivity index (χ2n) is 3.37. The van der Waals surface area contributed by atoms with E-state index in [1.165, 1.54) is 0 Å². The quantitative estimate of drug-likeness (QED) is 0.817. The molecule has 1 N–H and O–H groups in total. The van der Waals surface area contributed by atoms with Gasteiger partial charge in [-0.1, -0.05) is 5.16 Å². The Hall–Kier alpha value is -0.590. The molecule has 1 atom stereocenters. The van der Waals surface area contributed by atoms with E-state index in [1.807, 2.05) is 0 Å². The van der Waals surface area contributed by atoms with Crippen molar-refractivity contribution in [1.82, 2.24) is 15.5 Å². The molecule has 1 aromatic heterocycles. The molecule has 2 heterocycles. The SMILES string of the molecule is CSCCc1nc(C2COCCN2)no1. The zero-order valence-electron chi connectivity index (χ0n) is 8.73. The van der Waals surface area contributed by atoms with Gasteiger partial charge in [0.15, 0.2) is 5.82 Å². The molecule has 0 radical (unpaired) electrons. The lowest BCUT2D eigenvalue weighted by atomic mass is 10.2. The number of nitrogens with zero attached hydrogens (tertiary/aromatic N) is 2. The van der Waals surface area contributed by atoms with Gasteiger partial charge in [0.1, 0.15) is 0 Å². The molecule has 0 aromatic carbocycles. The number of morpholine rings is 1. The minimum atomic E-state index is 0.0885. The summed E-state index contributed by atoms with van der Waals surface area (Å²) in [6, 6.07) is 0.0885. The number of hydrogen-bond acceptors (Lipinski definition) is 6. The van der Waals surface area contributed by atoms with Crippen molar-refractivity contribution >= 4 is 11.8 Å². The summed E-state index contributed by atoms with van der Waals surface area (Å²) in [6.07, 6.45) is 2.90. The molecule has 0 aliphatic carbocycles. The summed E-state index contributed by atoms with van der Waals surface area (Å²) >= 11 is 1.77. The molecule has 1 fully saturated rings. The van der Waals surface area contributed by atoms with Crippen LogP contribution in [0, 0.1) is 0 Å². The molecule has 0 spiro atoms. The molecule has 1 saturated heterocycles. The fraction of sp³-hybridized carbons (Fsp3) is 0.778. The van der Waals surface area contributed by atoms with E-state index < -0.39 is 0 Å². The summed E-state index contributed by atoms with van der Waals surface area (Å²) in [7, 11) is 0. The number of aromatic nitrogens is 2. The lowest BCUT2D eigenvalue weighted by Gasteiger charge is -2.20. The maximum absolute atomic E-state index is 5.34. The van der Waals surface area contributed by atoms with Crippen LogP contribution in [0.1, 0.15) is 17.8 Å². The summed E-state index contributed by atoms with van der Waals surface area (Å²) < 4.78 is 10.5. The number of ether oxygens (including phenoxy) is 1. The van der Waals surface area contributed by atoms with Gasteiger partial charge in [0.05, 0.1) is 19.3 Å². The second-order valence-corrected chi connectivity index (χ2v) is 4.36. The highest BCUT2D eigenvalue weighted by Gasteiger charge is 2.20. The molecule has 84 valence electrons. The molecule has 2 rings (SSSR count). The molecular weight excluding hydrogens is 214 g/mol. The lowest BCUT2D eigenvalue weighted by Crippen LogP contribution is -2.35. The molecule has 0 bridgehead atoms. The van der Waals surface area contributed by atoms with Gasteiger partial charge in [0.2, 0.25) is 5.89 Å². The summed E-state index contributed by atoms with van der Waals surface area (Å²) in [6.45, 7) is 2.23. The fourth-order valence-corrected chi connectivity index (χ4v) is 1.81. The summed E-state index contributed by atoms with van der Waals surface area (Å²) in [5.74, 6) is 2.44. The van der Waals surface area contributed by atoms with Crippen LogP contribution < -0.4 is 5.32 Å². The van der Waals surface area contributed by atoms with Crippen LogP contribution in [-0.2, 0) is 11.2 Å². The molecule has 1 aliphatic rings. The van der Waals surface area contributed by atoms with Gasteiger partial charge in [-0.15, -0.1) is 0 Å². The van der Waals surface area contributed by atoms with Gasteiger partial charge < -0.3 is 14.6 Å². The first-order valence-corrected chi connectivity index (χ1v) is 6.42. The summed E-state index contributed by atoms with van der Waals surface area (Å²) in [4.78, 5) is 4.34. The first kappa shape index (κ1) is 10.9.